The van der Waals surface area contributed by atoms with Gasteiger partial charge >= 0.3 is 5.97 Å². The smallest absolute Gasteiger partial charge is 0.308 e. The molecule has 4 heteroatoms. The van der Waals surface area contributed by atoms with Gasteiger partial charge in [-0.1, -0.05) is 6.42 Å². The van der Waals surface area contributed by atoms with Gasteiger partial charge < -0.3 is 10.2 Å². The molecular formula is C12H21NO3. The number of aliphatic hydroxyl groups excluding tert-OH is 1. The van der Waals surface area contributed by atoms with E-state index in [1.807, 2.05) is 0 Å². The van der Waals surface area contributed by atoms with Crippen molar-refractivity contribution in [3.63, 3.8) is 0 Å². The van der Waals surface area contributed by atoms with Gasteiger partial charge in [0.05, 0.1) is 5.92 Å². The molecule has 2 rings (SSSR count). The van der Waals surface area contributed by atoms with Gasteiger partial charge in [-0.25, -0.2) is 0 Å². The second kappa shape index (κ2) is 5.15. The van der Waals surface area contributed by atoms with Crippen LogP contribution in [0.3, 0.4) is 0 Å². The lowest BCUT2D eigenvalue weighted by atomic mass is 9.76. The van der Waals surface area contributed by atoms with E-state index >= 15 is 0 Å². The summed E-state index contributed by atoms with van der Waals surface area (Å²) in [7, 11) is 0. The fourth-order valence-electron chi connectivity index (χ4n) is 2.76. The van der Waals surface area contributed by atoms with E-state index in [9.17, 15) is 4.79 Å². The molecule has 2 aliphatic carbocycles. The maximum atomic E-state index is 11.0. The normalized spacial score (nSPS) is 29.9. The highest BCUT2D eigenvalue weighted by Crippen LogP contribution is 2.37. The number of carboxylic acid groups (broad SMARTS) is 1. The van der Waals surface area contributed by atoms with E-state index in [4.69, 9.17) is 10.2 Å². The molecule has 2 saturated carbocycles. The fourth-order valence-corrected chi connectivity index (χ4v) is 2.76. The SMILES string of the molecule is O=C(O)C1CCC1N(CCCO)C1CCC1. The van der Waals surface area contributed by atoms with Gasteiger partial charge in [-0.15, -0.1) is 0 Å². The van der Waals surface area contributed by atoms with Gasteiger partial charge in [-0.2, -0.15) is 0 Å². The Balaban J connectivity index is 1.92. The van der Waals surface area contributed by atoms with Gasteiger partial charge in [0.15, 0.2) is 0 Å². The van der Waals surface area contributed by atoms with Crippen LogP contribution in [0.5, 0.6) is 0 Å². The number of nitrogens with zero attached hydrogens (tertiary/aromatic N) is 1. The molecule has 0 radical (unpaired) electrons. The van der Waals surface area contributed by atoms with Crippen LogP contribution in [0.25, 0.3) is 0 Å². The molecule has 2 fully saturated rings. The fraction of sp³-hybridized carbons (Fsp3) is 0.917. The van der Waals surface area contributed by atoms with Crippen LogP contribution >= 0.6 is 0 Å². The van der Waals surface area contributed by atoms with Crippen molar-refractivity contribution in [2.24, 2.45) is 5.92 Å². The Hall–Kier alpha value is -0.610. The molecular weight excluding hydrogens is 206 g/mol. The summed E-state index contributed by atoms with van der Waals surface area (Å²) in [5.41, 5.74) is 0. The lowest BCUT2D eigenvalue weighted by Gasteiger charge is -2.49. The van der Waals surface area contributed by atoms with Gasteiger partial charge in [0.25, 0.3) is 0 Å². The Morgan fingerprint density at radius 3 is 2.38 bits per heavy atom. The summed E-state index contributed by atoms with van der Waals surface area (Å²) in [6.07, 6.45) is 6.27. The minimum absolute atomic E-state index is 0.167. The highest BCUT2D eigenvalue weighted by Gasteiger charge is 2.43. The predicted molar refractivity (Wildman–Crippen MR) is 60.2 cm³/mol. The van der Waals surface area contributed by atoms with Crippen molar-refractivity contribution in [2.75, 3.05) is 13.2 Å². The summed E-state index contributed by atoms with van der Waals surface area (Å²) in [5, 5.41) is 18.0. The summed E-state index contributed by atoms with van der Waals surface area (Å²) in [4.78, 5) is 13.4. The molecule has 0 heterocycles. The lowest BCUT2D eigenvalue weighted by Crippen LogP contribution is -2.56. The predicted octanol–water partition coefficient (Wildman–Crippen LogP) is 1.09. The Kier molecular flexibility index (Phi) is 3.82. The van der Waals surface area contributed by atoms with Crippen molar-refractivity contribution in [3.8, 4) is 0 Å². The Morgan fingerprint density at radius 1 is 1.25 bits per heavy atom. The van der Waals surface area contributed by atoms with Crippen LogP contribution in [-0.4, -0.2) is 46.3 Å². The highest BCUT2D eigenvalue weighted by atomic mass is 16.4. The molecule has 92 valence electrons. The van der Waals surface area contributed by atoms with Crippen molar-refractivity contribution in [3.05, 3.63) is 0 Å². The van der Waals surface area contributed by atoms with Gasteiger partial charge in [0.1, 0.15) is 0 Å². The highest BCUT2D eigenvalue weighted by molar-refractivity contribution is 5.72. The van der Waals surface area contributed by atoms with Crippen LogP contribution in [0.1, 0.15) is 38.5 Å². The summed E-state index contributed by atoms with van der Waals surface area (Å²) in [6, 6.07) is 0.813. The molecule has 0 amide bonds. The average molecular weight is 227 g/mol. The zero-order chi connectivity index (χ0) is 11.5. The third-order valence-electron chi connectivity index (χ3n) is 4.10. The van der Waals surface area contributed by atoms with Crippen molar-refractivity contribution >= 4 is 5.97 Å². The van der Waals surface area contributed by atoms with Crippen LogP contribution < -0.4 is 0 Å². The van der Waals surface area contributed by atoms with E-state index in [0.29, 0.717) is 6.04 Å². The molecule has 0 aromatic heterocycles. The van der Waals surface area contributed by atoms with E-state index in [-0.39, 0.29) is 18.6 Å². The Morgan fingerprint density at radius 2 is 2.00 bits per heavy atom. The van der Waals surface area contributed by atoms with Crippen molar-refractivity contribution in [1.29, 1.82) is 0 Å². The first kappa shape index (κ1) is 11.9. The van der Waals surface area contributed by atoms with Crippen LogP contribution in [0.2, 0.25) is 0 Å². The van der Waals surface area contributed by atoms with E-state index in [0.717, 1.165) is 25.8 Å². The second-order valence-corrected chi connectivity index (χ2v) is 4.99. The van der Waals surface area contributed by atoms with Gasteiger partial charge in [0.2, 0.25) is 0 Å². The Labute approximate surface area is 96.3 Å². The van der Waals surface area contributed by atoms with E-state index in [1.54, 1.807) is 0 Å². The zero-order valence-corrected chi connectivity index (χ0v) is 9.64. The van der Waals surface area contributed by atoms with E-state index in [2.05, 4.69) is 4.90 Å². The summed E-state index contributed by atoms with van der Waals surface area (Å²) < 4.78 is 0. The topological polar surface area (TPSA) is 60.8 Å². The molecule has 0 saturated heterocycles. The molecule has 0 bridgehead atoms. The second-order valence-electron chi connectivity index (χ2n) is 4.99. The van der Waals surface area contributed by atoms with Crippen LogP contribution in [0, 0.1) is 5.92 Å². The number of hydrogen-bond donors (Lipinski definition) is 2. The maximum absolute atomic E-state index is 11.0. The van der Waals surface area contributed by atoms with E-state index in [1.165, 1.54) is 19.3 Å². The average Bonchev–Trinajstić information content (AvgIpc) is 2.08. The number of aliphatic hydroxyl groups is 1. The first-order valence-corrected chi connectivity index (χ1v) is 6.33. The van der Waals surface area contributed by atoms with Crippen molar-refractivity contribution in [1.82, 2.24) is 4.90 Å². The van der Waals surface area contributed by atoms with Gasteiger partial charge in [0, 0.05) is 25.2 Å². The van der Waals surface area contributed by atoms with Crippen LogP contribution in [0.15, 0.2) is 0 Å². The van der Waals surface area contributed by atoms with Gasteiger partial charge in [-0.3, -0.25) is 9.69 Å². The molecule has 16 heavy (non-hydrogen) atoms. The minimum Gasteiger partial charge on any atom is -0.481 e. The summed E-state index contributed by atoms with van der Waals surface area (Å²) >= 11 is 0. The largest absolute Gasteiger partial charge is 0.481 e. The number of carboxylic acids is 1. The molecule has 2 atom stereocenters. The van der Waals surface area contributed by atoms with Crippen molar-refractivity contribution in [2.45, 2.75) is 50.6 Å². The van der Waals surface area contributed by atoms with E-state index < -0.39 is 5.97 Å². The first-order chi connectivity index (χ1) is 7.74. The first-order valence-electron chi connectivity index (χ1n) is 6.33. The van der Waals surface area contributed by atoms with Crippen molar-refractivity contribution < 1.29 is 15.0 Å². The summed E-state index contributed by atoms with van der Waals surface area (Å²) in [5.74, 6) is -0.816. The monoisotopic (exact) mass is 227 g/mol. The maximum Gasteiger partial charge on any atom is 0.308 e. The molecule has 0 aromatic carbocycles. The zero-order valence-electron chi connectivity index (χ0n) is 9.64. The van der Waals surface area contributed by atoms with Gasteiger partial charge in [-0.05, 0) is 32.1 Å². The minimum atomic E-state index is -0.649. The number of aliphatic carboxylic acids is 1. The lowest BCUT2D eigenvalue weighted by molar-refractivity contribution is -0.150. The van der Waals surface area contributed by atoms with Crippen LogP contribution in [-0.2, 0) is 4.79 Å². The molecule has 2 unspecified atom stereocenters. The quantitative estimate of drug-likeness (QED) is 0.713. The number of hydrogen-bond acceptors (Lipinski definition) is 3. The molecule has 4 nitrogen and oxygen atoms in total. The third kappa shape index (κ3) is 2.23. The molecule has 2 N–H and O–H groups in total. The third-order valence-corrected chi connectivity index (χ3v) is 4.10. The summed E-state index contributed by atoms with van der Waals surface area (Å²) in [6.45, 7) is 1.06. The van der Waals surface area contributed by atoms with Crippen LogP contribution in [0.4, 0.5) is 0 Å². The molecule has 0 aliphatic heterocycles. The number of carbonyl (C=O) groups is 1. The molecule has 2 aliphatic rings. The molecule has 0 aromatic rings. The Bertz CT molecular complexity index is 253. The standard InChI is InChI=1S/C12H21NO3/c14-8-2-7-13(9-3-1-4-9)11-6-5-10(11)12(15)16/h9-11,14H,1-8H2,(H,15,16). The molecule has 0 spiro atoms. The number of rotatable bonds is 6.